The van der Waals surface area contributed by atoms with Gasteiger partial charge in [-0.25, -0.2) is 18.0 Å². The van der Waals surface area contributed by atoms with E-state index >= 15 is 0 Å². The second-order valence-corrected chi connectivity index (χ2v) is 10.4. The quantitative estimate of drug-likeness (QED) is 0.229. The number of carbonyl (C=O) groups excluding carboxylic acids is 2. The van der Waals surface area contributed by atoms with Crippen LogP contribution in [0, 0.1) is 6.92 Å². The van der Waals surface area contributed by atoms with Crippen LogP contribution < -0.4 is 9.47 Å². The number of nitrogens with zero attached hydrogens (tertiary/aromatic N) is 1. The third kappa shape index (κ3) is 6.04. The smallest absolute Gasteiger partial charge is 0.341 e. The first-order valence-corrected chi connectivity index (χ1v) is 13.1. The van der Waals surface area contributed by atoms with Gasteiger partial charge in [0.05, 0.1) is 30.2 Å². The van der Waals surface area contributed by atoms with E-state index in [0.29, 0.717) is 17.1 Å². The number of benzene rings is 3. The minimum Gasteiger partial charge on any atom is -0.497 e. The van der Waals surface area contributed by atoms with Gasteiger partial charge in [-0.3, -0.25) is 0 Å². The summed E-state index contributed by atoms with van der Waals surface area (Å²) in [6, 6.07) is 18.9. The second kappa shape index (κ2) is 11.5. The van der Waals surface area contributed by atoms with Crippen molar-refractivity contribution in [3.8, 4) is 11.5 Å². The van der Waals surface area contributed by atoms with Gasteiger partial charge in [-0.1, -0.05) is 23.8 Å². The zero-order chi connectivity index (χ0) is 27.3. The van der Waals surface area contributed by atoms with E-state index in [1.54, 1.807) is 42.5 Å². The van der Waals surface area contributed by atoms with Crippen molar-refractivity contribution in [2.45, 2.75) is 18.1 Å². The fraction of sp³-hybridized carbons (Fsp3) is 0.214. The van der Waals surface area contributed by atoms with Crippen molar-refractivity contribution in [1.29, 1.82) is 0 Å². The summed E-state index contributed by atoms with van der Waals surface area (Å²) in [5.74, 6) is -0.388. The maximum atomic E-state index is 13.2. The molecule has 0 saturated carbocycles. The van der Waals surface area contributed by atoms with Crippen LogP contribution >= 0.6 is 0 Å². The topological polar surface area (TPSA) is 108 Å². The maximum absolute atomic E-state index is 13.2. The Morgan fingerprint density at radius 3 is 1.68 bits per heavy atom. The molecule has 10 heteroatoms. The molecule has 0 unspecified atom stereocenters. The maximum Gasteiger partial charge on any atom is 0.341 e. The van der Waals surface area contributed by atoms with Crippen molar-refractivity contribution in [2.75, 3.05) is 27.3 Å². The molecule has 3 aromatic rings. The van der Waals surface area contributed by atoms with Crippen molar-refractivity contribution in [2.24, 2.45) is 0 Å². The van der Waals surface area contributed by atoms with Crippen molar-refractivity contribution in [3.05, 3.63) is 101 Å². The summed E-state index contributed by atoms with van der Waals surface area (Å²) in [5.41, 5.74) is 1.67. The van der Waals surface area contributed by atoms with Gasteiger partial charge in [0, 0.05) is 18.7 Å². The van der Waals surface area contributed by atoms with E-state index in [1.165, 1.54) is 54.9 Å². The lowest BCUT2D eigenvalue weighted by Crippen LogP contribution is -2.33. The molecule has 9 nitrogen and oxygen atoms in total. The summed E-state index contributed by atoms with van der Waals surface area (Å²) >= 11 is 0. The lowest BCUT2D eigenvalue weighted by molar-refractivity contribution is -0.0607. The second-order valence-electron chi connectivity index (χ2n) is 8.49. The molecule has 198 valence electrons. The lowest BCUT2D eigenvalue weighted by Gasteiger charge is -2.22. The molecule has 1 aliphatic rings. The summed E-state index contributed by atoms with van der Waals surface area (Å²) in [6.07, 6.45) is 0.136. The molecule has 0 spiro atoms. The van der Waals surface area contributed by atoms with Crippen LogP contribution in [0.5, 0.6) is 11.5 Å². The SMILES string of the molecule is COc1ccc(C(=O)OC(OC(=O)c2ccc(OC)cc2)C2=CCN(S(=O)(=O)c3ccc(C)cc3)C2)cc1. The number of ether oxygens (including phenoxy) is 4. The lowest BCUT2D eigenvalue weighted by atomic mass is 10.2. The summed E-state index contributed by atoms with van der Waals surface area (Å²) in [4.78, 5) is 26.0. The zero-order valence-electron chi connectivity index (χ0n) is 21.1. The summed E-state index contributed by atoms with van der Waals surface area (Å²) in [7, 11) is -0.816. The normalized spacial score (nSPS) is 13.6. The van der Waals surface area contributed by atoms with Crippen molar-refractivity contribution in [1.82, 2.24) is 4.31 Å². The molecule has 0 radical (unpaired) electrons. The number of rotatable bonds is 9. The number of carbonyl (C=O) groups is 2. The third-order valence-corrected chi connectivity index (χ3v) is 7.78. The number of sulfonamides is 1. The highest BCUT2D eigenvalue weighted by atomic mass is 32.2. The first-order valence-electron chi connectivity index (χ1n) is 11.7. The Balaban J connectivity index is 1.55. The Morgan fingerprint density at radius 1 is 0.763 bits per heavy atom. The number of hydrogen-bond acceptors (Lipinski definition) is 8. The highest BCUT2D eigenvalue weighted by molar-refractivity contribution is 7.89. The molecule has 0 atom stereocenters. The zero-order valence-corrected chi connectivity index (χ0v) is 21.9. The standard InChI is InChI=1S/C28H27NO8S/c1-19-4-14-25(15-5-19)38(32,33)29-17-16-22(18-29)28(36-26(30)20-6-10-23(34-2)11-7-20)37-27(31)21-8-12-24(35-3)13-9-21/h4-16,28H,17-18H2,1-3H3. The number of hydrogen-bond donors (Lipinski definition) is 0. The highest BCUT2D eigenvalue weighted by Crippen LogP contribution is 2.26. The minimum atomic E-state index is -3.83. The summed E-state index contributed by atoms with van der Waals surface area (Å²) < 4.78 is 49.0. The molecule has 0 fully saturated rings. The van der Waals surface area contributed by atoms with Crippen molar-refractivity contribution >= 4 is 22.0 Å². The molecule has 0 N–H and O–H groups in total. The number of aryl methyl sites for hydroxylation is 1. The molecule has 0 aromatic heterocycles. The molecule has 0 aliphatic carbocycles. The fourth-order valence-electron chi connectivity index (χ4n) is 3.73. The summed E-state index contributed by atoms with van der Waals surface area (Å²) in [6.45, 7) is 1.78. The van der Waals surface area contributed by atoms with Gasteiger partial charge in [0.25, 0.3) is 6.29 Å². The van der Waals surface area contributed by atoms with Crippen LogP contribution in [-0.4, -0.2) is 58.3 Å². The first kappa shape index (κ1) is 26.9. The molecule has 38 heavy (non-hydrogen) atoms. The van der Waals surface area contributed by atoms with Gasteiger partial charge in [-0.05, 0) is 67.6 Å². The Morgan fingerprint density at radius 2 is 1.24 bits per heavy atom. The first-order chi connectivity index (χ1) is 18.2. The predicted molar refractivity (Wildman–Crippen MR) is 139 cm³/mol. The minimum absolute atomic E-state index is 0.0300. The van der Waals surface area contributed by atoms with Crippen LogP contribution in [0.1, 0.15) is 26.3 Å². The molecule has 0 bridgehead atoms. The number of methoxy groups -OCH3 is 2. The van der Waals surface area contributed by atoms with E-state index in [4.69, 9.17) is 18.9 Å². The van der Waals surface area contributed by atoms with Crippen LogP contribution in [0.15, 0.2) is 89.3 Å². The van der Waals surface area contributed by atoms with Gasteiger partial charge in [0.1, 0.15) is 11.5 Å². The fourth-order valence-corrected chi connectivity index (χ4v) is 5.09. The predicted octanol–water partition coefficient (Wildman–Crippen LogP) is 3.98. The van der Waals surface area contributed by atoms with Crippen molar-refractivity contribution < 1.29 is 37.0 Å². The Kier molecular flexibility index (Phi) is 8.13. The molecule has 3 aromatic carbocycles. The van der Waals surface area contributed by atoms with Gasteiger partial charge in [-0.2, -0.15) is 4.31 Å². The van der Waals surface area contributed by atoms with Crippen LogP contribution in [-0.2, 0) is 19.5 Å². The third-order valence-electron chi connectivity index (χ3n) is 5.96. The molecule has 4 rings (SSSR count). The van der Waals surface area contributed by atoms with E-state index in [2.05, 4.69) is 0 Å². The van der Waals surface area contributed by atoms with Gasteiger partial charge < -0.3 is 18.9 Å². The number of esters is 2. The average Bonchev–Trinajstić information content (AvgIpc) is 3.44. The average molecular weight is 538 g/mol. The van der Waals surface area contributed by atoms with E-state index in [-0.39, 0.29) is 29.1 Å². The van der Waals surface area contributed by atoms with E-state index in [0.717, 1.165) is 5.56 Å². The van der Waals surface area contributed by atoms with E-state index in [1.807, 2.05) is 6.92 Å². The Hall–Kier alpha value is -4.15. The Labute approximate surface area is 221 Å². The van der Waals surface area contributed by atoms with Crippen LogP contribution in [0.25, 0.3) is 0 Å². The monoisotopic (exact) mass is 537 g/mol. The van der Waals surface area contributed by atoms with Crippen molar-refractivity contribution in [3.63, 3.8) is 0 Å². The van der Waals surface area contributed by atoms with Gasteiger partial charge in [0.15, 0.2) is 0 Å². The molecule has 0 amide bonds. The van der Waals surface area contributed by atoms with Crippen LogP contribution in [0.2, 0.25) is 0 Å². The van der Waals surface area contributed by atoms with E-state index < -0.39 is 28.3 Å². The molecule has 1 aliphatic heterocycles. The Bertz CT molecular complexity index is 1370. The molecule has 0 saturated heterocycles. The molecular weight excluding hydrogens is 510 g/mol. The van der Waals surface area contributed by atoms with E-state index in [9.17, 15) is 18.0 Å². The molecule has 1 heterocycles. The summed E-state index contributed by atoms with van der Waals surface area (Å²) in [5, 5.41) is 0. The van der Waals surface area contributed by atoms with Gasteiger partial charge in [0.2, 0.25) is 10.0 Å². The van der Waals surface area contributed by atoms with Crippen LogP contribution in [0.4, 0.5) is 0 Å². The van der Waals surface area contributed by atoms with Gasteiger partial charge >= 0.3 is 11.9 Å². The largest absolute Gasteiger partial charge is 0.497 e. The highest BCUT2D eigenvalue weighted by Gasteiger charge is 2.34. The molecular formula is C28H27NO8S. The van der Waals surface area contributed by atoms with Gasteiger partial charge in [-0.15, -0.1) is 0 Å². The van der Waals surface area contributed by atoms with Crippen LogP contribution in [0.3, 0.4) is 0 Å².